The van der Waals surface area contributed by atoms with Gasteiger partial charge in [0.15, 0.2) is 0 Å². The molecule has 0 atom stereocenters. The molecule has 0 aromatic heterocycles. The van der Waals surface area contributed by atoms with Gasteiger partial charge >= 0.3 is 0 Å². The summed E-state index contributed by atoms with van der Waals surface area (Å²) in [5.41, 5.74) is 2.28. The maximum atomic E-state index is 10.6. The number of hydrogen-bond donors (Lipinski definition) is 2. The van der Waals surface area contributed by atoms with Crippen LogP contribution in [0.3, 0.4) is 0 Å². The number of ether oxygens (including phenoxy) is 1. The highest BCUT2D eigenvalue weighted by Crippen LogP contribution is 2.26. The van der Waals surface area contributed by atoms with Crippen molar-refractivity contribution in [3.63, 3.8) is 0 Å². The Hall–Kier alpha value is -1.29. The average molecular weight is 250 g/mol. The second-order valence-corrected chi connectivity index (χ2v) is 4.96. The monoisotopic (exact) mass is 250 g/mol. The second-order valence-electron chi connectivity index (χ2n) is 4.96. The molecule has 2 aliphatic rings. The van der Waals surface area contributed by atoms with E-state index in [0.29, 0.717) is 5.92 Å². The SMILES string of the molecule is CCCC1=C(NC=O)CCC(OCC2CNC2)=C1. The summed E-state index contributed by atoms with van der Waals surface area (Å²) < 4.78 is 5.86. The first-order valence-electron chi connectivity index (χ1n) is 6.79. The topological polar surface area (TPSA) is 50.4 Å². The zero-order chi connectivity index (χ0) is 12.8. The van der Waals surface area contributed by atoms with Crippen LogP contribution in [0, 0.1) is 5.92 Å². The molecule has 0 unspecified atom stereocenters. The normalized spacial score (nSPS) is 20.2. The van der Waals surface area contributed by atoms with Crippen LogP contribution in [0.4, 0.5) is 0 Å². The maximum Gasteiger partial charge on any atom is 0.211 e. The Morgan fingerprint density at radius 3 is 2.94 bits per heavy atom. The molecule has 0 aromatic rings. The summed E-state index contributed by atoms with van der Waals surface area (Å²) in [6.45, 7) is 5.11. The summed E-state index contributed by atoms with van der Waals surface area (Å²) in [7, 11) is 0. The van der Waals surface area contributed by atoms with Gasteiger partial charge in [-0.2, -0.15) is 0 Å². The number of carbonyl (C=O) groups is 1. The quantitative estimate of drug-likeness (QED) is 0.676. The first-order chi connectivity index (χ1) is 8.83. The number of rotatable bonds is 7. The summed E-state index contributed by atoms with van der Waals surface area (Å²) in [5.74, 6) is 1.74. The predicted molar refractivity (Wildman–Crippen MR) is 70.8 cm³/mol. The van der Waals surface area contributed by atoms with E-state index in [0.717, 1.165) is 63.2 Å². The maximum absolute atomic E-state index is 10.6. The molecule has 0 radical (unpaired) electrons. The standard InChI is InChI=1S/C14H22N2O2/c1-2-3-12-6-13(4-5-14(12)16-10-17)18-9-11-7-15-8-11/h6,10-11,15H,2-5,7-9H2,1H3,(H,16,17). The lowest BCUT2D eigenvalue weighted by molar-refractivity contribution is -0.109. The van der Waals surface area contributed by atoms with E-state index in [4.69, 9.17) is 4.74 Å². The molecular weight excluding hydrogens is 228 g/mol. The summed E-state index contributed by atoms with van der Waals surface area (Å²) in [4.78, 5) is 10.6. The Bertz CT molecular complexity index is 357. The van der Waals surface area contributed by atoms with Crippen LogP contribution in [-0.4, -0.2) is 26.1 Å². The Morgan fingerprint density at radius 2 is 2.33 bits per heavy atom. The summed E-state index contributed by atoms with van der Waals surface area (Å²) in [6.07, 6.45) is 6.73. The number of amides is 1. The van der Waals surface area contributed by atoms with Gasteiger partial charge in [0.05, 0.1) is 12.4 Å². The lowest BCUT2D eigenvalue weighted by Crippen LogP contribution is -2.44. The first kappa shape index (κ1) is 13.1. The molecule has 1 fully saturated rings. The Morgan fingerprint density at radius 1 is 1.50 bits per heavy atom. The van der Waals surface area contributed by atoms with E-state index in [1.165, 1.54) is 5.57 Å². The van der Waals surface area contributed by atoms with Gasteiger partial charge in [-0.05, 0) is 24.5 Å². The average Bonchev–Trinajstić information content (AvgIpc) is 2.31. The number of allylic oxidation sites excluding steroid dienone is 4. The molecule has 0 spiro atoms. The third kappa shape index (κ3) is 3.35. The van der Waals surface area contributed by atoms with Crippen molar-refractivity contribution in [2.75, 3.05) is 19.7 Å². The van der Waals surface area contributed by atoms with Crippen molar-refractivity contribution in [3.8, 4) is 0 Å². The molecule has 18 heavy (non-hydrogen) atoms. The minimum Gasteiger partial charge on any atom is -0.498 e. The van der Waals surface area contributed by atoms with E-state index in [2.05, 4.69) is 23.6 Å². The van der Waals surface area contributed by atoms with Gasteiger partial charge in [0.25, 0.3) is 0 Å². The molecule has 1 saturated heterocycles. The van der Waals surface area contributed by atoms with E-state index in [1.807, 2.05) is 0 Å². The molecule has 0 bridgehead atoms. The van der Waals surface area contributed by atoms with E-state index in [9.17, 15) is 4.79 Å². The number of carbonyl (C=O) groups excluding carboxylic acids is 1. The van der Waals surface area contributed by atoms with Crippen molar-refractivity contribution in [3.05, 3.63) is 23.1 Å². The molecule has 1 heterocycles. The zero-order valence-corrected chi connectivity index (χ0v) is 11.0. The van der Waals surface area contributed by atoms with E-state index in [-0.39, 0.29) is 0 Å². The molecule has 2 rings (SSSR count). The summed E-state index contributed by atoms with van der Waals surface area (Å²) in [5, 5.41) is 6.06. The molecule has 4 nitrogen and oxygen atoms in total. The molecule has 1 amide bonds. The Labute approximate surface area is 108 Å². The molecular formula is C14H22N2O2. The van der Waals surface area contributed by atoms with Gasteiger partial charge in [-0.3, -0.25) is 4.79 Å². The van der Waals surface area contributed by atoms with Crippen molar-refractivity contribution in [2.24, 2.45) is 5.92 Å². The van der Waals surface area contributed by atoms with Gasteiger partial charge in [0.2, 0.25) is 6.41 Å². The van der Waals surface area contributed by atoms with Crippen LogP contribution < -0.4 is 10.6 Å². The van der Waals surface area contributed by atoms with Gasteiger partial charge in [0.1, 0.15) is 0 Å². The van der Waals surface area contributed by atoms with Gasteiger partial charge in [-0.15, -0.1) is 0 Å². The van der Waals surface area contributed by atoms with Crippen molar-refractivity contribution >= 4 is 6.41 Å². The van der Waals surface area contributed by atoms with Gasteiger partial charge in [-0.1, -0.05) is 13.3 Å². The lowest BCUT2D eigenvalue weighted by Gasteiger charge is -2.28. The summed E-state index contributed by atoms with van der Waals surface area (Å²) >= 11 is 0. The van der Waals surface area contributed by atoms with E-state index < -0.39 is 0 Å². The lowest BCUT2D eigenvalue weighted by atomic mass is 9.98. The minimum atomic E-state index is 0.666. The van der Waals surface area contributed by atoms with Crippen LogP contribution >= 0.6 is 0 Å². The van der Waals surface area contributed by atoms with Crippen molar-refractivity contribution in [1.82, 2.24) is 10.6 Å². The van der Waals surface area contributed by atoms with Gasteiger partial charge < -0.3 is 15.4 Å². The van der Waals surface area contributed by atoms with E-state index >= 15 is 0 Å². The van der Waals surface area contributed by atoms with E-state index in [1.54, 1.807) is 0 Å². The van der Waals surface area contributed by atoms with Crippen LogP contribution in [0.5, 0.6) is 0 Å². The number of nitrogens with one attached hydrogen (secondary N) is 2. The van der Waals surface area contributed by atoms with Crippen molar-refractivity contribution < 1.29 is 9.53 Å². The molecule has 1 aliphatic heterocycles. The van der Waals surface area contributed by atoms with Crippen LogP contribution in [-0.2, 0) is 9.53 Å². The fraction of sp³-hybridized carbons (Fsp3) is 0.643. The highest BCUT2D eigenvalue weighted by molar-refractivity contribution is 5.52. The molecule has 4 heteroatoms. The smallest absolute Gasteiger partial charge is 0.211 e. The van der Waals surface area contributed by atoms with Crippen molar-refractivity contribution in [1.29, 1.82) is 0 Å². The molecule has 0 saturated carbocycles. The molecule has 100 valence electrons. The highest BCUT2D eigenvalue weighted by atomic mass is 16.5. The van der Waals surface area contributed by atoms with Crippen LogP contribution in [0.15, 0.2) is 23.1 Å². The molecule has 1 aliphatic carbocycles. The van der Waals surface area contributed by atoms with Gasteiger partial charge in [-0.25, -0.2) is 0 Å². The fourth-order valence-electron chi connectivity index (χ4n) is 2.30. The Balaban J connectivity index is 1.94. The third-order valence-electron chi connectivity index (χ3n) is 3.47. The number of hydrogen-bond acceptors (Lipinski definition) is 3. The molecule has 0 aromatic carbocycles. The van der Waals surface area contributed by atoms with Gasteiger partial charge in [0, 0.05) is 31.1 Å². The molecule has 2 N–H and O–H groups in total. The Kier molecular flexibility index (Phi) is 4.81. The van der Waals surface area contributed by atoms with Crippen LogP contribution in [0.2, 0.25) is 0 Å². The first-order valence-corrected chi connectivity index (χ1v) is 6.79. The highest BCUT2D eigenvalue weighted by Gasteiger charge is 2.19. The van der Waals surface area contributed by atoms with Crippen LogP contribution in [0.1, 0.15) is 32.6 Å². The largest absolute Gasteiger partial charge is 0.498 e. The fourth-order valence-corrected chi connectivity index (χ4v) is 2.30. The van der Waals surface area contributed by atoms with Crippen molar-refractivity contribution in [2.45, 2.75) is 32.6 Å². The summed E-state index contributed by atoms with van der Waals surface area (Å²) in [6, 6.07) is 0. The predicted octanol–water partition coefficient (Wildman–Crippen LogP) is 1.70. The third-order valence-corrected chi connectivity index (χ3v) is 3.47. The van der Waals surface area contributed by atoms with Crippen LogP contribution in [0.25, 0.3) is 0 Å². The minimum absolute atomic E-state index is 0.666. The zero-order valence-electron chi connectivity index (χ0n) is 11.0. The second kappa shape index (κ2) is 6.59.